The molecule has 1 aliphatic rings. The number of halogens is 1. The van der Waals surface area contributed by atoms with E-state index in [9.17, 15) is 14.3 Å². The summed E-state index contributed by atoms with van der Waals surface area (Å²) in [6.07, 6.45) is 1.91. The van der Waals surface area contributed by atoms with Crippen LogP contribution < -0.4 is 0 Å². The Balaban J connectivity index is 1.68. The summed E-state index contributed by atoms with van der Waals surface area (Å²) in [5.74, 6) is -0.0941. The number of carbonyl (C=O) groups is 1. The molecule has 0 saturated carbocycles. The zero-order valence-electron chi connectivity index (χ0n) is 17.3. The number of aliphatic hydroxyl groups is 1. The van der Waals surface area contributed by atoms with Crippen molar-refractivity contribution < 1.29 is 14.3 Å². The number of likely N-dealkylation sites (tertiary alicyclic amines) is 1. The number of carbonyl (C=O) groups excluding carboxylic acids is 1. The molecule has 0 bridgehead atoms. The first-order valence-corrected chi connectivity index (χ1v) is 10.4. The Morgan fingerprint density at radius 3 is 2.62 bits per heavy atom. The lowest BCUT2D eigenvalue weighted by Gasteiger charge is -2.30. The Hall–Kier alpha value is -2.24. The minimum atomic E-state index is -0.417. The third-order valence-electron chi connectivity index (χ3n) is 6.12. The molecule has 156 valence electrons. The molecule has 1 amide bonds. The van der Waals surface area contributed by atoms with Gasteiger partial charge in [0.2, 0.25) is 0 Å². The van der Waals surface area contributed by atoms with Crippen molar-refractivity contribution in [2.45, 2.75) is 25.8 Å². The summed E-state index contributed by atoms with van der Waals surface area (Å²) in [7, 11) is 2.10. The molecule has 5 heteroatoms. The van der Waals surface area contributed by atoms with E-state index in [1.807, 2.05) is 6.07 Å². The summed E-state index contributed by atoms with van der Waals surface area (Å²) in [6.45, 7) is 4.41. The third-order valence-corrected chi connectivity index (χ3v) is 6.12. The minimum Gasteiger partial charge on any atom is -0.394 e. The van der Waals surface area contributed by atoms with Crippen molar-refractivity contribution in [3.05, 3.63) is 71.5 Å². The van der Waals surface area contributed by atoms with Gasteiger partial charge in [-0.2, -0.15) is 0 Å². The zero-order valence-corrected chi connectivity index (χ0v) is 17.3. The summed E-state index contributed by atoms with van der Waals surface area (Å²) >= 11 is 0. The lowest BCUT2D eigenvalue weighted by atomic mass is 9.88. The van der Waals surface area contributed by atoms with E-state index in [0.717, 1.165) is 25.9 Å². The van der Waals surface area contributed by atoms with E-state index >= 15 is 0 Å². The first-order valence-electron chi connectivity index (χ1n) is 10.4. The van der Waals surface area contributed by atoms with Gasteiger partial charge in [-0.15, -0.1) is 0 Å². The Labute approximate surface area is 173 Å². The molecular weight excluding hydrogens is 367 g/mol. The Morgan fingerprint density at radius 1 is 1.21 bits per heavy atom. The van der Waals surface area contributed by atoms with Gasteiger partial charge in [-0.3, -0.25) is 4.79 Å². The zero-order chi connectivity index (χ0) is 20.8. The van der Waals surface area contributed by atoms with Gasteiger partial charge in [0.05, 0.1) is 12.6 Å². The highest BCUT2D eigenvalue weighted by Gasteiger charge is 2.43. The summed E-state index contributed by atoms with van der Waals surface area (Å²) in [4.78, 5) is 17.0. The molecule has 1 heterocycles. The quantitative estimate of drug-likeness (QED) is 0.741. The summed E-state index contributed by atoms with van der Waals surface area (Å²) < 4.78 is 13.6. The first kappa shape index (κ1) is 21.5. The molecule has 3 atom stereocenters. The van der Waals surface area contributed by atoms with Crippen LogP contribution in [-0.4, -0.2) is 60.1 Å². The summed E-state index contributed by atoms with van der Waals surface area (Å²) in [6, 6.07) is 16.0. The van der Waals surface area contributed by atoms with Crippen molar-refractivity contribution in [3.8, 4) is 0 Å². The van der Waals surface area contributed by atoms with Gasteiger partial charge >= 0.3 is 0 Å². The van der Waals surface area contributed by atoms with Crippen LogP contribution in [0.15, 0.2) is 54.6 Å². The predicted molar refractivity (Wildman–Crippen MR) is 113 cm³/mol. The fourth-order valence-corrected chi connectivity index (χ4v) is 4.44. The average molecular weight is 399 g/mol. The highest BCUT2D eigenvalue weighted by molar-refractivity contribution is 5.94. The molecule has 0 unspecified atom stereocenters. The van der Waals surface area contributed by atoms with Crippen molar-refractivity contribution in [1.29, 1.82) is 0 Å². The largest absolute Gasteiger partial charge is 0.394 e. The molecule has 1 saturated heterocycles. The average Bonchev–Trinajstić information content (AvgIpc) is 3.09. The topological polar surface area (TPSA) is 43.8 Å². The SMILES string of the molecule is CC[C@@H]1CN(C(=O)c2cccc(F)c2)[C@H](CO)[C@@H]1CN(C)CCc1ccccc1. The van der Waals surface area contributed by atoms with Gasteiger partial charge in [0.25, 0.3) is 5.91 Å². The van der Waals surface area contributed by atoms with Crippen LogP contribution in [0.3, 0.4) is 0 Å². The highest BCUT2D eigenvalue weighted by atomic mass is 19.1. The van der Waals surface area contributed by atoms with Crippen LogP contribution in [0.2, 0.25) is 0 Å². The van der Waals surface area contributed by atoms with Crippen molar-refractivity contribution in [1.82, 2.24) is 9.80 Å². The monoisotopic (exact) mass is 398 g/mol. The Bertz CT molecular complexity index is 798. The van der Waals surface area contributed by atoms with E-state index in [-0.39, 0.29) is 24.5 Å². The summed E-state index contributed by atoms with van der Waals surface area (Å²) in [5.41, 5.74) is 1.65. The van der Waals surface area contributed by atoms with E-state index in [0.29, 0.717) is 18.0 Å². The van der Waals surface area contributed by atoms with E-state index < -0.39 is 5.82 Å². The maximum atomic E-state index is 13.6. The molecule has 0 spiro atoms. The van der Waals surface area contributed by atoms with Crippen LogP contribution in [-0.2, 0) is 6.42 Å². The molecule has 1 fully saturated rings. The van der Waals surface area contributed by atoms with Gasteiger partial charge in [-0.1, -0.05) is 49.7 Å². The molecule has 0 aromatic heterocycles. The second-order valence-corrected chi connectivity index (χ2v) is 8.05. The molecule has 1 aliphatic heterocycles. The second kappa shape index (κ2) is 9.99. The molecule has 29 heavy (non-hydrogen) atoms. The van der Waals surface area contributed by atoms with Gasteiger partial charge in [0.15, 0.2) is 0 Å². The normalized spacial score (nSPS) is 21.7. The van der Waals surface area contributed by atoms with Crippen LogP contribution in [0.4, 0.5) is 4.39 Å². The fourth-order valence-electron chi connectivity index (χ4n) is 4.44. The number of hydrogen-bond acceptors (Lipinski definition) is 3. The third kappa shape index (κ3) is 5.22. The molecule has 2 aromatic rings. The van der Waals surface area contributed by atoms with E-state index in [1.54, 1.807) is 17.0 Å². The smallest absolute Gasteiger partial charge is 0.254 e. The van der Waals surface area contributed by atoms with Crippen molar-refractivity contribution >= 4 is 5.91 Å². The van der Waals surface area contributed by atoms with Gasteiger partial charge in [-0.05, 0) is 49.1 Å². The highest BCUT2D eigenvalue weighted by Crippen LogP contribution is 2.33. The first-order chi connectivity index (χ1) is 14.0. The van der Waals surface area contributed by atoms with Gasteiger partial charge in [0.1, 0.15) is 5.82 Å². The van der Waals surface area contributed by atoms with Crippen LogP contribution >= 0.6 is 0 Å². The lowest BCUT2D eigenvalue weighted by Crippen LogP contribution is -2.43. The van der Waals surface area contributed by atoms with Crippen molar-refractivity contribution in [2.75, 3.05) is 33.3 Å². The number of hydrogen-bond donors (Lipinski definition) is 1. The molecule has 0 radical (unpaired) electrons. The van der Waals surface area contributed by atoms with E-state index in [1.165, 1.54) is 17.7 Å². The molecule has 3 rings (SSSR count). The second-order valence-electron chi connectivity index (χ2n) is 8.05. The number of benzene rings is 2. The molecule has 1 N–H and O–H groups in total. The lowest BCUT2D eigenvalue weighted by molar-refractivity contribution is 0.0623. The summed E-state index contributed by atoms with van der Waals surface area (Å²) in [5, 5.41) is 10.1. The van der Waals surface area contributed by atoms with Crippen LogP contribution in [0, 0.1) is 17.7 Å². The fraction of sp³-hybridized carbons (Fsp3) is 0.458. The molecular formula is C24H31FN2O2. The molecule has 4 nitrogen and oxygen atoms in total. The van der Waals surface area contributed by atoms with Gasteiger partial charge in [-0.25, -0.2) is 4.39 Å². The molecule has 2 aromatic carbocycles. The van der Waals surface area contributed by atoms with Crippen molar-refractivity contribution in [3.63, 3.8) is 0 Å². The number of aliphatic hydroxyl groups excluding tert-OH is 1. The number of rotatable bonds is 8. The number of likely N-dealkylation sites (N-methyl/N-ethyl adjacent to an activating group) is 1. The van der Waals surface area contributed by atoms with E-state index in [2.05, 4.69) is 43.1 Å². The number of amides is 1. The standard InChI is InChI=1S/C24H31FN2O2/c1-3-19-15-27(24(29)20-10-7-11-21(25)14-20)23(17-28)22(19)16-26(2)13-12-18-8-5-4-6-9-18/h4-11,14,19,22-23,28H,3,12-13,15-17H2,1-2H3/t19-,22-,23-/m1/s1. The number of nitrogens with zero attached hydrogens (tertiary/aromatic N) is 2. The van der Waals surface area contributed by atoms with Crippen molar-refractivity contribution in [2.24, 2.45) is 11.8 Å². The Kier molecular flexibility index (Phi) is 7.40. The predicted octanol–water partition coefficient (Wildman–Crippen LogP) is 3.46. The Morgan fingerprint density at radius 2 is 1.97 bits per heavy atom. The van der Waals surface area contributed by atoms with Gasteiger partial charge < -0.3 is 14.9 Å². The van der Waals surface area contributed by atoms with Gasteiger partial charge in [0, 0.05) is 25.2 Å². The molecule has 0 aliphatic carbocycles. The minimum absolute atomic E-state index is 0.0747. The van der Waals surface area contributed by atoms with Crippen LogP contribution in [0.5, 0.6) is 0 Å². The van der Waals surface area contributed by atoms with Crippen LogP contribution in [0.1, 0.15) is 29.3 Å². The maximum absolute atomic E-state index is 13.6. The van der Waals surface area contributed by atoms with Crippen LogP contribution in [0.25, 0.3) is 0 Å². The maximum Gasteiger partial charge on any atom is 0.254 e. The van der Waals surface area contributed by atoms with E-state index in [4.69, 9.17) is 0 Å².